The van der Waals surface area contributed by atoms with Gasteiger partial charge in [0.1, 0.15) is 4.90 Å². The molecule has 0 spiro atoms. The van der Waals surface area contributed by atoms with Gasteiger partial charge in [-0.3, -0.25) is 0 Å². The van der Waals surface area contributed by atoms with Gasteiger partial charge in [-0.15, -0.1) is 0 Å². The molecule has 0 radical (unpaired) electrons. The molecule has 0 fully saturated rings. The summed E-state index contributed by atoms with van der Waals surface area (Å²) in [5.74, 6) is 0. The molecule has 2 aromatic carbocycles. The standard InChI is InChI=1S/C14H11Cl2F3N2O2S/c15-10-5-11(16)13(12(20)6-10)24(22,23)21-7-8-1-3-9(4-2-8)14(17,18)19/h1-6,21H,7,20H2. The van der Waals surface area contributed by atoms with E-state index in [-0.39, 0.29) is 27.2 Å². The molecule has 0 saturated heterocycles. The van der Waals surface area contributed by atoms with Gasteiger partial charge in [0.25, 0.3) is 0 Å². The molecular formula is C14H11Cl2F3N2O2S. The van der Waals surface area contributed by atoms with Crippen molar-refractivity contribution in [3.63, 3.8) is 0 Å². The molecule has 0 aliphatic rings. The fourth-order valence-corrected chi connectivity index (χ4v) is 3.93. The zero-order chi connectivity index (χ0) is 18.1. The molecule has 0 aromatic heterocycles. The summed E-state index contributed by atoms with van der Waals surface area (Å²) in [6, 6.07) is 6.56. The molecule has 0 amide bonds. The van der Waals surface area contributed by atoms with E-state index >= 15 is 0 Å². The first kappa shape index (κ1) is 18.9. The minimum atomic E-state index is -4.46. The molecule has 3 N–H and O–H groups in total. The van der Waals surface area contributed by atoms with Gasteiger partial charge >= 0.3 is 6.18 Å². The van der Waals surface area contributed by atoms with Gasteiger partial charge in [0.15, 0.2) is 0 Å². The monoisotopic (exact) mass is 398 g/mol. The second-order valence-electron chi connectivity index (χ2n) is 4.83. The maximum Gasteiger partial charge on any atom is 0.416 e. The smallest absolute Gasteiger partial charge is 0.398 e. The molecule has 0 atom stereocenters. The summed E-state index contributed by atoms with van der Waals surface area (Å²) < 4.78 is 64.3. The van der Waals surface area contributed by atoms with Crippen molar-refractivity contribution >= 4 is 38.9 Å². The van der Waals surface area contributed by atoms with Gasteiger partial charge in [0.2, 0.25) is 10.0 Å². The summed E-state index contributed by atoms with van der Waals surface area (Å²) in [7, 11) is -4.06. The van der Waals surface area contributed by atoms with Crippen molar-refractivity contribution in [3.05, 3.63) is 57.6 Å². The molecule has 4 nitrogen and oxygen atoms in total. The second-order valence-corrected chi connectivity index (χ2v) is 7.37. The van der Waals surface area contributed by atoms with E-state index in [1.165, 1.54) is 24.3 Å². The van der Waals surface area contributed by atoms with Crippen molar-refractivity contribution < 1.29 is 21.6 Å². The first-order chi connectivity index (χ1) is 11.0. The highest BCUT2D eigenvalue weighted by Gasteiger charge is 2.30. The van der Waals surface area contributed by atoms with Crippen molar-refractivity contribution in [1.82, 2.24) is 4.72 Å². The van der Waals surface area contributed by atoms with Crippen LogP contribution in [0, 0.1) is 0 Å². The number of hydrogen-bond donors (Lipinski definition) is 2. The van der Waals surface area contributed by atoms with Gasteiger partial charge < -0.3 is 5.73 Å². The van der Waals surface area contributed by atoms with Crippen LogP contribution in [0.1, 0.15) is 11.1 Å². The molecule has 2 aromatic rings. The number of benzene rings is 2. The lowest BCUT2D eigenvalue weighted by Gasteiger charge is -2.12. The second kappa shape index (κ2) is 6.79. The Morgan fingerprint density at radius 2 is 1.67 bits per heavy atom. The number of halogens is 5. The Hall–Kier alpha value is -1.48. The third-order valence-electron chi connectivity index (χ3n) is 3.05. The Labute approximate surface area is 146 Å². The van der Waals surface area contributed by atoms with Crippen LogP contribution in [0.2, 0.25) is 10.0 Å². The maximum atomic E-state index is 12.5. The van der Waals surface area contributed by atoms with Crippen molar-refractivity contribution in [1.29, 1.82) is 0 Å². The molecular weight excluding hydrogens is 388 g/mol. The highest BCUT2D eigenvalue weighted by atomic mass is 35.5. The molecule has 10 heteroatoms. The first-order valence-electron chi connectivity index (χ1n) is 6.41. The van der Waals surface area contributed by atoms with Crippen LogP contribution in [0.5, 0.6) is 0 Å². The minimum Gasteiger partial charge on any atom is -0.398 e. The third-order valence-corrected chi connectivity index (χ3v) is 5.20. The molecule has 0 unspecified atom stereocenters. The van der Waals surface area contributed by atoms with E-state index in [1.807, 2.05) is 0 Å². The zero-order valence-electron chi connectivity index (χ0n) is 11.9. The molecule has 0 heterocycles. The lowest BCUT2D eigenvalue weighted by Crippen LogP contribution is -2.24. The number of alkyl halides is 3. The van der Waals surface area contributed by atoms with Gasteiger partial charge in [-0.25, -0.2) is 13.1 Å². The predicted molar refractivity (Wildman–Crippen MR) is 86.3 cm³/mol. The maximum absolute atomic E-state index is 12.5. The molecule has 0 aliphatic heterocycles. The van der Waals surface area contributed by atoms with Crippen molar-refractivity contribution in [2.75, 3.05) is 5.73 Å². The fourth-order valence-electron chi connectivity index (χ4n) is 1.93. The van der Waals surface area contributed by atoms with E-state index in [1.54, 1.807) is 0 Å². The number of anilines is 1. The Morgan fingerprint density at radius 3 is 2.17 bits per heavy atom. The van der Waals surface area contributed by atoms with Crippen molar-refractivity contribution in [2.24, 2.45) is 0 Å². The van der Waals surface area contributed by atoms with Crippen LogP contribution < -0.4 is 10.5 Å². The van der Waals surface area contributed by atoms with E-state index < -0.39 is 21.8 Å². The van der Waals surface area contributed by atoms with E-state index in [0.29, 0.717) is 5.56 Å². The third kappa shape index (κ3) is 4.32. The summed E-state index contributed by atoms with van der Waals surface area (Å²) in [5, 5.41) is 0.0270. The van der Waals surface area contributed by atoms with E-state index in [4.69, 9.17) is 28.9 Å². The predicted octanol–water partition coefficient (Wildman–Crippen LogP) is 4.07. The van der Waals surface area contributed by atoms with Gasteiger partial charge in [-0.1, -0.05) is 35.3 Å². The molecule has 0 saturated carbocycles. The van der Waals surface area contributed by atoms with Crippen LogP contribution in [0.25, 0.3) is 0 Å². The quantitative estimate of drug-likeness (QED) is 0.762. The zero-order valence-corrected chi connectivity index (χ0v) is 14.2. The lowest BCUT2D eigenvalue weighted by atomic mass is 10.1. The van der Waals surface area contributed by atoms with E-state index in [9.17, 15) is 21.6 Å². The minimum absolute atomic E-state index is 0.132. The van der Waals surface area contributed by atoms with Crippen molar-refractivity contribution in [2.45, 2.75) is 17.6 Å². The van der Waals surface area contributed by atoms with Gasteiger partial charge in [0.05, 0.1) is 16.3 Å². The molecule has 0 bridgehead atoms. The summed E-state index contributed by atoms with van der Waals surface area (Å²) >= 11 is 11.6. The van der Waals surface area contributed by atoms with Crippen LogP contribution in [0.15, 0.2) is 41.3 Å². The van der Waals surface area contributed by atoms with Crippen molar-refractivity contribution in [3.8, 4) is 0 Å². The number of rotatable bonds is 4. The largest absolute Gasteiger partial charge is 0.416 e. The summed E-state index contributed by atoms with van der Waals surface area (Å²) in [5.41, 5.74) is 5.02. The highest BCUT2D eigenvalue weighted by Crippen LogP contribution is 2.31. The lowest BCUT2D eigenvalue weighted by molar-refractivity contribution is -0.137. The van der Waals surface area contributed by atoms with Crippen LogP contribution in [-0.4, -0.2) is 8.42 Å². The van der Waals surface area contributed by atoms with Crippen LogP contribution in [-0.2, 0) is 22.7 Å². The topological polar surface area (TPSA) is 72.2 Å². The van der Waals surface area contributed by atoms with Gasteiger partial charge in [-0.2, -0.15) is 13.2 Å². The number of hydrogen-bond acceptors (Lipinski definition) is 3. The van der Waals surface area contributed by atoms with Gasteiger partial charge in [-0.05, 0) is 29.8 Å². The van der Waals surface area contributed by atoms with Crippen LogP contribution in [0.4, 0.5) is 18.9 Å². The summed E-state index contributed by atoms with van der Waals surface area (Å²) in [4.78, 5) is -0.333. The Kier molecular flexibility index (Phi) is 5.34. The number of sulfonamides is 1. The number of nitrogens with two attached hydrogens (primary N) is 1. The molecule has 0 aliphatic carbocycles. The Balaban J connectivity index is 2.19. The highest BCUT2D eigenvalue weighted by molar-refractivity contribution is 7.89. The Bertz CT molecular complexity index is 830. The molecule has 130 valence electrons. The molecule has 24 heavy (non-hydrogen) atoms. The Morgan fingerprint density at radius 1 is 1.08 bits per heavy atom. The van der Waals surface area contributed by atoms with Crippen LogP contribution >= 0.6 is 23.2 Å². The first-order valence-corrected chi connectivity index (χ1v) is 8.65. The van der Waals surface area contributed by atoms with E-state index in [0.717, 1.165) is 12.1 Å². The van der Waals surface area contributed by atoms with E-state index in [2.05, 4.69) is 4.72 Å². The number of nitrogen functional groups attached to an aromatic ring is 1. The summed E-state index contributed by atoms with van der Waals surface area (Å²) in [6.45, 7) is -0.223. The molecule has 2 rings (SSSR count). The SMILES string of the molecule is Nc1cc(Cl)cc(Cl)c1S(=O)(=O)NCc1ccc(C(F)(F)F)cc1. The van der Waals surface area contributed by atoms with Crippen LogP contribution in [0.3, 0.4) is 0 Å². The average Bonchev–Trinajstić information content (AvgIpc) is 2.43. The van der Waals surface area contributed by atoms with Gasteiger partial charge in [0, 0.05) is 11.6 Å². The fraction of sp³-hybridized carbons (Fsp3) is 0.143. The summed E-state index contributed by atoms with van der Waals surface area (Å²) in [6.07, 6.45) is -4.46. The average molecular weight is 399 g/mol. The normalized spacial score (nSPS) is 12.4. The number of nitrogens with one attached hydrogen (secondary N) is 1.